The van der Waals surface area contributed by atoms with Crippen LogP contribution in [0.1, 0.15) is 12.8 Å². The maximum Gasteiger partial charge on any atom is 0.224 e. The lowest BCUT2D eigenvalue weighted by Crippen LogP contribution is -2.14. The minimum absolute atomic E-state index is 0.129. The molecule has 1 unspecified atom stereocenters. The molecule has 1 fully saturated rings. The van der Waals surface area contributed by atoms with Crippen LogP contribution in [0.3, 0.4) is 0 Å². The minimum Gasteiger partial charge on any atom is -0.376 e. The molecule has 1 aliphatic heterocycles. The normalized spacial score (nSPS) is 20.2. The van der Waals surface area contributed by atoms with E-state index < -0.39 is 0 Å². The second-order valence-corrected chi connectivity index (χ2v) is 4.48. The van der Waals surface area contributed by atoms with Gasteiger partial charge >= 0.3 is 0 Å². The molecule has 0 radical (unpaired) electrons. The second-order valence-electron chi connectivity index (χ2n) is 4.14. The lowest BCUT2D eigenvalue weighted by atomic mass is 10.2. The molecule has 17 heavy (non-hydrogen) atoms. The summed E-state index contributed by atoms with van der Waals surface area (Å²) in [6.45, 7) is 1.38. The number of ether oxygens (including phenoxy) is 1. The summed E-state index contributed by atoms with van der Waals surface area (Å²) in [5, 5.41) is 0.525. The van der Waals surface area contributed by atoms with E-state index in [0.717, 1.165) is 19.4 Å². The van der Waals surface area contributed by atoms with Crippen LogP contribution in [0.2, 0.25) is 5.28 Å². The topological polar surface area (TPSA) is 39.9 Å². The average molecular weight is 256 g/mol. The fraction of sp³-hybridized carbons (Fsp3) is 0.455. The van der Waals surface area contributed by atoms with Crippen molar-refractivity contribution in [2.75, 3.05) is 6.61 Å². The first kappa shape index (κ1) is 10.9. The van der Waals surface area contributed by atoms with Gasteiger partial charge in [0.1, 0.15) is 5.65 Å². The van der Waals surface area contributed by atoms with Gasteiger partial charge in [-0.2, -0.15) is 4.98 Å². The summed E-state index contributed by atoms with van der Waals surface area (Å²) in [7, 11) is 0. The van der Waals surface area contributed by atoms with E-state index in [4.69, 9.17) is 16.3 Å². The highest BCUT2D eigenvalue weighted by Crippen LogP contribution is 2.21. The highest BCUT2D eigenvalue weighted by Gasteiger charge is 2.19. The van der Waals surface area contributed by atoms with Crippen LogP contribution in [0.25, 0.3) is 11.0 Å². The van der Waals surface area contributed by atoms with E-state index in [2.05, 4.69) is 9.97 Å². The number of fused-ring (bicyclic) bond motifs is 1. The largest absolute Gasteiger partial charge is 0.376 e. The van der Waals surface area contributed by atoms with E-state index in [1.54, 1.807) is 4.57 Å². The predicted molar refractivity (Wildman–Crippen MR) is 61.5 cm³/mol. The van der Waals surface area contributed by atoms with Gasteiger partial charge in [0.05, 0.1) is 18.0 Å². The maximum absolute atomic E-state index is 13.6. The van der Waals surface area contributed by atoms with Gasteiger partial charge in [-0.1, -0.05) is 0 Å². The van der Waals surface area contributed by atoms with Crippen molar-refractivity contribution >= 4 is 22.6 Å². The van der Waals surface area contributed by atoms with Crippen molar-refractivity contribution in [3.05, 3.63) is 23.5 Å². The Morgan fingerprint density at radius 3 is 3.24 bits per heavy atom. The van der Waals surface area contributed by atoms with E-state index in [1.165, 1.54) is 12.4 Å². The Bertz CT molecular complexity index is 551. The number of halogens is 2. The molecule has 1 saturated heterocycles. The summed E-state index contributed by atoms with van der Waals surface area (Å²) < 4.78 is 20.9. The van der Waals surface area contributed by atoms with Gasteiger partial charge in [-0.05, 0) is 24.4 Å². The SMILES string of the molecule is Fc1cn(CC2CCCO2)c2nc(Cl)ncc12. The molecular formula is C11H11ClFN3O. The van der Waals surface area contributed by atoms with Crippen molar-refractivity contribution in [1.82, 2.24) is 14.5 Å². The summed E-state index contributed by atoms with van der Waals surface area (Å²) in [5.41, 5.74) is 0.526. The zero-order valence-electron chi connectivity index (χ0n) is 9.07. The molecule has 6 heteroatoms. The fourth-order valence-electron chi connectivity index (χ4n) is 2.15. The van der Waals surface area contributed by atoms with Gasteiger partial charge < -0.3 is 9.30 Å². The first-order valence-electron chi connectivity index (χ1n) is 5.52. The third-order valence-electron chi connectivity index (χ3n) is 2.96. The smallest absolute Gasteiger partial charge is 0.224 e. The van der Waals surface area contributed by atoms with Crippen molar-refractivity contribution in [1.29, 1.82) is 0 Å². The molecule has 1 aliphatic rings. The molecule has 2 aromatic rings. The Morgan fingerprint density at radius 2 is 2.47 bits per heavy atom. The molecule has 0 aliphatic carbocycles. The number of rotatable bonds is 2. The van der Waals surface area contributed by atoms with E-state index in [1.807, 2.05) is 0 Å². The van der Waals surface area contributed by atoms with E-state index >= 15 is 0 Å². The first-order valence-corrected chi connectivity index (χ1v) is 5.90. The van der Waals surface area contributed by atoms with Crippen LogP contribution in [-0.2, 0) is 11.3 Å². The molecule has 3 heterocycles. The number of hydrogen-bond acceptors (Lipinski definition) is 3. The molecule has 4 nitrogen and oxygen atoms in total. The summed E-state index contributed by atoms with van der Waals surface area (Å²) >= 11 is 5.73. The minimum atomic E-state index is -0.324. The summed E-state index contributed by atoms with van der Waals surface area (Å²) in [6.07, 6.45) is 5.03. The van der Waals surface area contributed by atoms with Crippen LogP contribution in [0, 0.1) is 5.82 Å². The summed E-state index contributed by atoms with van der Waals surface area (Å²) in [6, 6.07) is 0. The van der Waals surface area contributed by atoms with Crippen molar-refractivity contribution in [3.63, 3.8) is 0 Å². The summed E-state index contributed by atoms with van der Waals surface area (Å²) in [4.78, 5) is 7.84. The van der Waals surface area contributed by atoms with E-state index in [9.17, 15) is 4.39 Å². The lowest BCUT2D eigenvalue weighted by Gasteiger charge is -2.10. The van der Waals surface area contributed by atoms with Crippen LogP contribution in [-0.4, -0.2) is 27.2 Å². The third-order valence-corrected chi connectivity index (χ3v) is 3.14. The molecule has 2 aromatic heterocycles. The van der Waals surface area contributed by atoms with E-state index in [-0.39, 0.29) is 17.2 Å². The van der Waals surface area contributed by atoms with Crippen molar-refractivity contribution in [2.24, 2.45) is 0 Å². The van der Waals surface area contributed by atoms with Gasteiger partial charge in [0.15, 0.2) is 5.82 Å². The van der Waals surface area contributed by atoms with E-state index in [0.29, 0.717) is 17.6 Å². The molecule has 0 bridgehead atoms. The quantitative estimate of drug-likeness (QED) is 0.774. The van der Waals surface area contributed by atoms with Gasteiger partial charge in [0.25, 0.3) is 0 Å². The van der Waals surface area contributed by atoms with Crippen molar-refractivity contribution in [2.45, 2.75) is 25.5 Å². The Hall–Kier alpha value is -1.20. The lowest BCUT2D eigenvalue weighted by molar-refractivity contribution is 0.0978. The molecule has 0 saturated carbocycles. The van der Waals surface area contributed by atoms with Gasteiger partial charge in [-0.3, -0.25) is 0 Å². The van der Waals surface area contributed by atoms with Crippen LogP contribution in [0.4, 0.5) is 4.39 Å². The number of hydrogen-bond donors (Lipinski definition) is 0. The highest BCUT2D eigenvalue weighted by atomic mass is 35.5. The molecule has 0 amide bonds. The average Bonchev–Trinajstić information content (AvgIpc) is 2.89. The van der Waals surface area contributed by atoms with Crippen molar-refractivity contribution in [3.8, 4) is 0 Å². The van der Waals surface area contributed by atoms with Crippen LogP contribution >= 0.6 is 11.6 Å². The van der Waals surface area contributed by atoms with Crippen LogP contribution < -0.4 is 0 Å². The first-order chi connectivity index (χ1) is 8.24. The maximum atomic E-state index is 13.6. The predicted octanol–water partition coefficient (Wildman–Crippen LogP) is 2.40. The third kappa shape index (κ3) is 2.00. The Labute approximate surface area is 102 Å². The Balaban J connectivity index is 2.00. The second kappa shape index (κ2) is 4.23. The molecule has 0 aromatic carbocycles. The Morgan fingerprint density at radius 1 is 1.59 bits per heavy atom. The van der Waals surface area contributed by atoms with Gasteiger partial charge in [-0.15, -0.1) is 0 Å². The van der Waals surface area contributed by atoms with Crippen LogP contribution in [0.5, 0.6) is 0 Å². The molecular weight excluding hydrogens is 245 g/mol. The van der Waals surface area contributed by atoms with Gasteiger partial charge in [0.2, 0.25) is 5.28 Å². The number of aromatic nitrogens is 3. The number of nitrogens with zero attached hydrogens (tertiary/aromatic N) is 3. The summed E-state index contributed by atoms with van der Waals surface area (Å²) in [5.74, 6) is -0.324. The molecule has 3 rings (SSSR count). The zero-order valence-corrected chi connectivity index (χ0v) is 9.82. The van der Waals surface area contributed by atoms with Crippen molar-refractivity contribution < 1.29 is 9.13 Å². The Kier molecular flexibility index (Phi) is 2.72. The monoisotopic (exact) mass is 255 g/mol. The van der Waals surface area contributed by atoms with Crippen LogP contribution in [0.15, 0.2) is 12.4 Å². The fourth-order valence-corrected chi connectivity index (χ4v) is 2.28. The highest BCUT2D eigenvalue weighted by molar-refractivity contribution is 6.28. The molecule has 0 spiro atoms. The van der Waals surface area contributed by atoms with Gasteiger partial charge in [-0.25, -0.2) is 9.37 Å². The molecule has 90 valence electrons. The molecule has 0 N–H and O–H groups in total. The molecule has 1 atom stereocenters. The van der Waals surface area contributed by atoms with Gasteiger partial charge in [0, 0.05) is 19.0 Å². The standard InChI is InChI=1S/C11H11ClFN3O/c12-11-14-4-8-9(13)6-16(10(8)15-11)5-7-2-1-3-17-7/h4,6-7H,1-3,5H2. The zero-order chi connectivity index (χ0) is 11.8.